The van der Waals surface area contributed by atoms with E-state index in [2.05, 4.69) is 22.4 Å². The maximum atomic E-state index is 11.6. The summed E-state index contributed by atoms with van der Waals surface area (Å²) in [6.07, 6.45) is 0. The van der Waals surface area contributed by atoms with Crippen LogP contribution in [0.5, 0.6) is 0 Å². The van der Waals surface area contributed by atoms with Crippen molar-refractivity contribution in [2.24, 2.45) is 0 Å². The summed E-state index contributed by atoms with van der Waals surface area (Å²) in [6.45, 7) is 4.67. The lowest BCUT2D eigenvalue weighted by Gasteiger charge is -2.41. The lowest BCUT2D eigenvalue weighted by atomic mass is 10.0. The summed E-state index contributed by atoms with van der Waals surface area (Å²) in [7, 11) is 1.83. The van der Waals surface area contributed by atoms with Crippen molar-refractivity contribution >= 4 is 17.2 Å². The molecule has 1 aromatic heterocycles. The van der Waals surface area contributed by atoms with Gasteiger partial charge in [-0.05, 0) is 11.4 Å². The monoisotopic (exact) mass is 296 g/mol. The molecule has 0 aromatic carbocycles. The van der Waals surface area contributed by atoms with Crippen molar-refractivity contribution in [2.75, 3.05) is 46.5 Å². The van der Waals surface area contributed by atoms with Gasteiger partial charge in [-0.2, -0.15) is 0 Å². The zero-order chi connectivity index (χ0) is 14.0. The van der Waals surface area contributed by atoms with Crippen LogP contribution in [0.1, 0.15) is 4.88 Å². The number of thiophene rings is 1. The minimum atomic E-state index is -0.379. The molecule has 3 rings (SSSR count). The first-order chi connectivity index (χ1) is 9.67. The summed E-state index contributed by atoms with van der Waals surface area (Å²) < 4.78 is 11.6. The van der Waals surface area contributed by atoms with Crippen molar-refractivity contribution in [1.29, 1.82) is 0 Å². The second kappa shape index (κ2) is 5.81. The molecule has 0 aliphatic carbocycles. The van der Waals surface area contributed by atoms with Crippen molar-refractivity contribution in [3.8, 4) is 0 Å². The summed E-state index contributed by atoms with van der Waals surface area (Å²) in [5.41, 5.74) is -0.379. The van der Waals surface area contributed by atoms with Gasteiger partial charge in [0, 0.05) is 31.6 Å². The van der Waals surface area contributed by atoms with Crippen molar-refractivity contribution in [1.82, 2.24) is 9.80 Å². The predicted octanol–water partition coefficient (Wildman–Crippen LogP) is 0.808. The van der Waals surface area contributed by atoms with E-state index in [0.717, 1.165) is 19.6 Å². The van der Waals surface area contributed by atoms with E-state index in [0.29, 0.717) is 19.8 Å². The third kappa shape index (κ3) is 3.03. The standard InChI is InChI=1S/C14H20N2O3S/c1-15-9-14(19-8-13(15)17)10-16(4-5-18-11-14)7-12-3-2-6-20-12/h2-3,6H,4-5,7-11H2,1H3/t14-/m1/s1. The zero-order valence-electron chi connectivity index (χ0n) is 11.7. The highest BCUT2D eigenvalue weighted by atomic mass is 32.1. The fourth-order valence-corrected chi connectivity index (χ4v) is 3.56. The van der Waals surface area contributed by atoms with Crippen LogP contribution < -0.4 is 0 Å². The molecule has 5 nitrogen and oxygen atoms in total. The highest BCUT2D eigenvalue weighted by Crippen LogP contribution is 2.24. The maximum Gasteiger partial charge on any atom is 0.248 e. The minimum Gasteiger partial charge on any atom is -0.377 e. The summed E-state index contributed by atoms with van der Waals surface area (Å²) in [4.78, 5) is 17.1. The van der Waals surface area contributed by atoms with Crippen molar-refractivity contribution < 1.29 is 14.3 Å². The van der Waals surface area contributed by atoms with Gasteiger partial charge in [0.05, 0.1) is 19.8 Å². The quantitative estimate of drug-likeness (QED) is 0.810. The van der Waals surface area contributed by atoms with Crippen LogP contribution in [0, 0.1) is 0 Å². The molecule has 0 N–H and O–H groups in total. The molecule has 1 atom stereocenters. The summed E-state index contributed by atoms with van der Waals surface area (Å²) >= 11 is 1.77. The number of hydrogen-bond donors (Lipinski definition) is 0. The summed E-state index contributed by atoms with van der Waals surface area (Å²) in [5.74, 6) is 0.0460. The van der Waals surface area contributed by atoms with Gasteiger partial charge in [-0.1, -0.05) is 6.07 Å². The van der Waals surface area contributed by atoms with Crippen LogP contribution in [0.25, 0.3) is 0 Å². The number of amides is 1. The number of carbonyl (C=O) groups excluding carboxylic acids is 1. The molecular weight excluding hydrogens is 276 g/mol. The number of morpholine rings is 1. The summed E-state index contributed by atoms with van der Waals surface area (Å²) in [6, 6.07) is 4.23. The molecular formula is C14H20N2O3S. The Morgan fingerprint density at radius 1 is 1.45 bits per heavy atom. The first kappa shape index (κ1) is 14.0. The van der Waals surface area contributed by atoms with E-state index in [1.165, 1.54) is 4.88 Å². The molecule has 0 radical (unpaired) electrons. The molecule has 0 bridgehead atoms. The molecule has 6 heteroatoms. The maximum absolute atomic E-state index is 11.6. The molecule has 0 unspecified atom stereocenters. The van der Waals surface area contributed by atoms with Gasteiger partial charge >= 0.3 is 0 Å². The van der Waals surface area contributed by atoms with E-state index in [-0.39, 0.29) is 18.1 Å². The Morgan fingerprint density at radius 2 is 2.35 bits per heavy atom. The van der Waals surface area contributed by atoms with E-state index < -0.39 is 0 Å². The number of ether oxygens (including phenoxy) is 2. The van der Waals surface area contributed by atoms with Gasteiger partial charge in [0.25, 0.3) is 0 Å². The van der Waals surface area contributed by atoms with Gasteiger partial charge in [0.1, 0.15) is 12.2 Å². The average molecular weight is 296 g/mol. The lowest BCUT2D eigenvalue weighted by Crippen LogP contribution is -2.59. The van der Waals surface area contributed by atoms with E-state index >= 15 is 0 Å². The number of carbonyl (C=O) groups is 1. The fourth-order valence-electron chi connectivity index (χ4n) is 2.82. The predicted molar refractivity (Wildman–Crippen MR) is 76.7 cm³/mol. The molecule has 2 aliphatic rings. The Morgan fingerprint density at radius 3 is 3.10 bits per heavy atom. The number of nitrogens with zero attached hydrogens (tertiary/aromatic N) is 2. The normalized spacial score (nSPS) is 28.9. The largest absolute Gasteiger partial charge is 0.377 e. The molecule has 2 aliphatic heterocycles. The molecule has 1 spiro atoms. The first-order valence-corrected chi connectivity index (χ1v) is 7.75. The smallest absolute Gasteiger partial charge is 0.248 e. The van der Waals surface area contributed by atoms with Gasteiger partial charge in [-0.15, -0.1) is 11.3 Å². The van der Waals surface area contributed by atoms with E-state index in [9.17, 15) is 4.79 Å². The van der Waals surface area contributed by atoms with Gasteiger partial charge < -0.3 is 14.4 Å². The molecule has 110 valence electrons. The molecule has 2 fully saturated rings. The Bertz CT molecular complexity index is 465. The van der Waals surface area contributed by atoms with Crippen LogP contribution in [-0.4, -0.2) is 67.8 Å². The molecule has 1 amide bonds. The van der Waals surface area contributed by atoms with E-state index in [1.807, 2.05) is 7.05 Å². The Kier molecular flexibility index (Phi) is 4.07. The zero-order valence-corrected chi connectivity index (χ0v) is 12.5. The minimum absolute atomic E-state index is 0.0460. The molecule has 1 aromatic rings. The third-order valence-corrected chi connectivity index (χ3v) is 4.70. The average Bonchev–Trinajstić information content (AvgIpc) is 2.85. The highest BCUT2D eigenvalue weighted by Gasteiger charge is 2.41. The SMILES string of the molecule is CN1C[C@@]2(COCCN(Cc3cccs3)C2)OCC1=O. The van der Waals surface area contributed by atoms with Crippen molar-refractivity contribution in [3.63, 3.8) is 0 Å². The second-order valence-electron chi connectivity index (χ2n) is 5.56. The molecule has 0 saturated carbocycles. The Labute approximate surface area is 123 Å². The van der Waals surface area contributed by atoms with Gasteiger partial charge in [0.2, 0.25) is 5.91 Å². The second-order valence-corrected chi connectivity index (χ2v) is 6.60. The van der Waals surface area contributed by atoms with Crippen LogP contribution in [-0.2, 0) is 20.8 Å². The van der Waals surface area contributed by atoms with Crippen LogP contribution in [0.3, 0.4) is 0 Å². The van der Waals surface area contributed by atoms with Crippen LogP contribution >= 0.6 is 11.3 Å². The Hall–Kier alpha value is -0.950. The number of rotatable bonds is 2. The number of hydrogen-bond acceptors (Lipinski definition) is 5. The third-order valence-electron chi connectivity index (χ3n) is 3.84. The van der Waals surface area contributed by atoms with Crippen molar-refractivity contribution in [2.45, 2.75) is 12.1 Å². The van der Waals surface area contributed by atoms with Gasteiger partial charge in [-0.25, -0.2) is 0 Å². The fraction of sp³-hybridized carbons (Fsp3) is 0.643. The first-order valence-electron chi connectivity index (χ1n) is 6.87. The molecule has 20 heavy (non-hydrogen) atoms. The van der Waals surface area contributed by atoms with Gasteiger partial charge in [-0.3, -0.25) is 9.69 Å². The summed E-state index contributed by atoms with van der Waals surface area (Å²) in [5, 5.41) is 2.10. The van der Waals surface area contributed by atoms with Gasteiger partial charge in [0.15, 0.2) is 0 Å². The van der Waals surface area contributed by atoms with Crippen LogP contribution in [0.15, 0.2) is 17.5 Å². The van der Waals surface area contributed by atoms with Crippen LogP contribution in [0.4, 0.5) is 0 Å². The Balaban J connectivity index is 1.70. The molecule has 2 saturated heterocycles. The van der Waals surface area contributed by atoms with Crippen molar-refractivity contribution in [3.05, 3.63) is 22.4 Å². The highest BCUT2D eigenvalue weighted by molar-refractivity contribution is 7.09. The number of likely N-dealkylation sites (N-methyl/N-ethyl adjacent to an activating group) is 1. The van der Waals surface area contributed by atoms with E-state index in [1.54, 1.807) is 16.2 Å². The topological polar surface area (TPSA) is 42.0 Å². The lowest BCUT2D eigenvalue weighted by molar-refractivity contribution is -0.170. The van der Waals surface area contributed by atoms with E-state index in [4.69, 9.17) is 9.47 Å². The molecule has 3 heterocycles. The van der Waals surface area contributed by atoms with Crippen LogP contribution in [0.2, 0.25) is 0 Å².